The van der Waals surface area contributed by atoms with Gasteiger partial charge < -0.3 is 14.2 Å². The Kier molecular flexibility index (Phi) is 4.25. The molecule has 24 heavy (non-hydrogen) atoms. The number of methoxy groups -OCH3 is 1. The molecule has 0 saturated carbocycles. The molecule has 5 heteroatoms. The van der Waals surface area contributed by atoms with Crippen LogP contribution in [0.5, 0.6) is 17.2 Å². The summed E-state index contributed by atoms with van der Waals surface area (Å²) < 4.78 is 16.1. The number of fused-ring (bicyclic) bond motifs is 1. The van der Waals surface area contributed by atoms with Gasteiger partial charge in [-0.3, -0.25) is 9.59 Å². The van der Waals surface area contributed by atoms with Gasteiger partial charge in [0.05, 0.1) is 18.6 Å². The number of hydrogen-bond donors (Lipinski definition) is 0. The fourth-order valence-corrected chi connectivity index (χ4v) is 2.92. The van der Waals surface area contributed by atoms with Gasteiger partial charge in [-0.2, -0.15) is 0 Å². The van der Waals surface area contributed by atoms with E-state index in [-0.39, 0.29) is 17.8 Å². The molecule has 0 N–H and O–H groups in total. The van der Waals surface area contributed by atoms with Crippen molar-refractivity contribution in [2.45, 2.75) is 25.9 Å². The molecular formula is C19H18O5. The Bertz CT molecular complexity index is 779. The van der Waals surface area contributed by atoms with Crippen LogP contribution in [0.25, 0.3) is 0 Å². The van der Waals surface area contributed by atoms with Crippen LogP contribution in [0.1, 0.15) is 35.7 Å². The lowest BCUT2D eigenvalue weighted by molar-refractivity contribution is -0.131. The van der Waals surface area contributed by atoms with Crippen molar-refractivity contribution in [1.82, 2.24) is 0 Å². The maximum Gasteiger partial charge on any atom is 0.308 e. The number of benzene rings is 2. The van der Waals surface area contributed by atoms with Crippen LogP contribution in [-0.2, 0) is 4.79 Å². The fraction of sp³-hybridized carbons (Fsp3) is 0.263. The first-order chi connectivity index (χ1) is 11.5. The number of ketones is 1. The first-order valence-electron chi connectivity index (χ1n) is 7.67. The number of Topliss-reactive ketones (excluding diaryl/α,β-unsaturated/α-hetero) is 1. The first-order valence-corrected chi connectivity index (χ1v) is 7.67. The van der Waals surface area contributed by atoms with Gasteiger partial charge in [0.15, 0.2) is 5.78 Å². The van der Waals surface area contributed by atoms with Crippen LogP contribution in [0.3, 0.4) is 0 Å². The summed E-state index contributed by atoms with van der Waals surface area (Å²) in [5.74, 6) is 0.731. The number of ether oxygens (including phenoxy) is 3. The molecule has 1 heterocycles. The lowest BCUT2D eigenvalue weighted by atomic mass is 9.84. The first kappa shape index (κ1) is 16.1. The van der Waals surface area contributed by atoms with Crippen LogP contribution < -0.4 is 14.2 Å². The zero-order valence-electron chi connectivity index (χ0n) is 13.7. The van der Waals surface area contributed by atoms with Crippen molar-refractivity contribution in [2.75, 3.05) is 7.11 Å². The van der Waals surface area contributed by atoms with Crippen LogP contribution >= 0.6 is 0 Å². The number of esters is 1. The second-order valence-corrected chi connectivity index (χ2v) is 5.69. The smallest absolute Gasteiger partial charge is 0.308 e. The van der Waals surface area contributed by atoms with E-state index in [0.29, 0.717) is 17.1 Å². The van der Waals surface area contributed by atoms with Gasteiger partial charge in [-0.15, -0.1) is 0 Å². The molecule has 1 aliphatic rings. The Hall–Kier alpha value is -2.82. The standard InChI is InChI=1S/C19H18O5/c1-11-18(13-4-6-14(22-3)7-5-13)19(21)16-9-8-15(24-12(2)20)10-17(16)23-11/h4-11,18H,1-3H3/t11-,18-/m0/s1. The molecule has 0 saturated heterocycles. The SMILES string of the molecule is COc1ccc([C@H]2C(=O)c3ccc(OC(C)=O)cc3O[C@H]2C)cc1. The minimum Gasteiger partial charge on any atom is -0.497 e. The average Bonchev–Trinajstić information content (AvgIpc) is 2.54. The third-order valence-corrected chi connectivity index (χ3v) is 4.02. The van der Waals surface area contributed by atoms with Crippen molar-refractivity contribution >= 4 is 11.8 Å². The molecule has 0 amide bonds. The molecule has 0 bridgehead atoms. The van der Waals surface area contributed by atoms with Gasteiger partial charge in [-0.1, -0.05) is 12.1 Å². The summed E-state index contributed by atoms with van der Waals surface area (Å²) in [5, 5.41) is 0. The van der Waals surface area contributed by atoms with E-state index in [1.54, 1.807) is 25.3 Å². The van der Waals surface area contributed by atoms with Crippen molar-refractivity contribution in [3.05, 3.63) is 53.6 Å². The van der Waals surface area contributed by atoms with Crippen LogP contribution in [0.4, 0.5) is 0 Å². The summed E-state index contributed by atoms with van der Waals surface area (Å²) in [7, 11) is 1.60. The van der Waals surface area contributed by atoms with Crippen LogP contribution in [-0.4, -0.2) is 25.0 Å². The minimum absolute atomic E-state index is 0.0108. The number of carbonyl (C=O) groups excluding carboxylic acids is 2. The quantitative estimate of drug-likeness (QED) is 0.639. The molecule has 0 aliphatic carbocycles. The predicted molar refractivity (Wildman–Crippen MR) is 87.9 cm³/mol. The number of hydrogen-bond acceptors (Lipinski definition) is 5. The average molecular weight is 326 g/mol. The summed E-state index contributed by atoms with van der Waals surface area (Å²) in [6.07, 6.45) is -0.328. The summed E-state index contributed by atoms with van der Waals surface area (Å²) >= 11 is 0. The van der Waals surface area contributed by atoms with Gasteiger partial charge in [-0.25, -0.2) is 0 Å². The van der Waals surface area contributed by atoms with Gasteiger partial charge in [0.25, 0.3) is 0 Å². The predicted octanol–water partition coefficient (Wildman–Crippen LogP) is 3.37. The molecule has 3 rings (SSSR count). The summed E-state index contributed by atoms with van der Waals surface area (Å²) in [6.45, 7) is 3.18. The second-order valence-electron chi connectivity index (χ2n) is 5.69. The highest BCUT2D eigenvalue weighted by atomic mass is 16.5. The molecule has 0 fully saturated rings. The maximum atomic E-state index is 12.9. The van der Waals surface area contributed by atoms with E-state index in [2.05, 4.69) is 0 Å². The highest BCUT2D eigenvalue weighted by molar-refractivity contribution is 6.04. The molecule has 2 atom stereocenters. The minimum atomic E-state index is -0.416. The fourth-order valence-electron chi connectivity index (χ4n) is 2.92. The van der Waals surface area contributed by atoms with Crippen molar-refractivity contribution in [3.63, 3.8) is 0 Å². The van der Waals surface area contributed by atoms with Crippen LogP contribution in [0.2, 0.25) is 0 Å². The Morgan fingerprint density at radius 2 is 1.75 bits per heavy atom. The zero-order chi connectivity index (χ0) is 17.3. The lowest BCUT2D eigenvalue weighted by Gasteiger charge is -2.30. The Labute approximate surface area is 140 Å². The lowest BCUT2D eigenvalue weighted by Crippen LogP contribution is -2.33. The third-order valence-electron chi connectivity index (χ3n) is 4.02. The van der Waals surface area contributed by atoms with E-state index in [4.69, 9.17) is 14.2 Å². The Morgan fingerprint density at radius 3 is 2.38 bits per heavy atom. The van der Waals surface area contributed by atoms with Gasteiger partial charge in [-0.05, 0) is 36.8 Å². The Morgan fingerprint density at radius 1 is 1.08 bits per heavy atom. The molecule has 0 aromatic heterocycles. The topological polar surface area (TPSA) is 61.8 Å². The molecule has 1 aliphatic heterocycles. The largest absolute Gasteiger partial charge is 0.497 e. The van der Waals surface area contributed by atoms with Crippen LogP contribution in [0.15, 0.2) is 42.5 Å². The summed E-state index contributed by atoms with van der Waals surface area (Å²) in [6, 6.07) is 12.2. The third kappa shape index (κ3) is 2.97. The van der Waals surface area contributed by atoms with Gasteiger partial charge >= 0.3 is 5.97 Å². The number of carbonyl (C=O) groups is 2. The van der Waals surface area contributed by atoms with Crippen molar-refractivity contribution < 1.29 is 23.8 Å². The van der Waals surface area contributed by atoms with E-state index in [0.717, 1.165) is 11.3 Å². The van der Waals surface area contributed by atoms with Crippen molar-refractivity contribution in [3.8, 4) is 17.2 Å². The van der Waals surface area contributed by atoms with Gasteiger partial charge in [0.2, 0.25) is 0 Å². The number of rotatable bonds is 3. The highest BCUT2D eigenvalue weighted by Crippen LogP contribution is 2.38. The maximum absolute atomic E-state index is 12.9. The normalized spacial score (nSPS) is 19.2. The molecule has 0 radical (unpaired) electrons. The monoisotopic (exact) mass is 326 g/mol. The molecule has 0 spiro atoms. The van der Waals surface area contributed by atoms with E-state index in [1.807, 2.05) is 31.2 Å². The molecular weight excluding hydrogens is 308 g/mol. The van der Waals surface area contributed by atoms with E-state index in [9.17, 15) is 9.59 Å². The second kappa shape index (κ2) is 6.35. The summed E-state index contributed by atoms with van der Waals surface area (Å²) in [4.78, 5) is 24.0. The summed E-state index contributed by atoms with van der Waals surface area (Å²) in [5.41, 5.74) is 1.37. The van der Waals surface area contributed by atoms with E-state index < -0.39 is 5.97 Å². The molecule has 5 nitrogen and oxygen atoms in total. The van der Waals surface area contributed by atoms with Gasteiger partial charge in [0, 0.05) is 13.0 Å². The molecule has 124 valence electrons. The Balaban J connectivity index is 1.93. The molecule has 2 aromatic carbocycles. The van der Waals surface area contributed by atoms with E-state index in [1.165, 1.54) is 6.92 Å². The zero-order valence-corrected chi connectivity index (χ0v) is 13.7. The van der Waals surface area contributed by atoms with Crippen LogP contribution in [0, 0.1) is 0 Å². The molecule has 0 unspecified atom stereocenters. The van der Waals surface area contributed by atoms with Crippen molar-refractivity contribution in [1.29, 1.82) is 0 Å². The van der Waals surface area contributed by atoms with Gasteiger partial charge in [0.1, 0.15) is 23.4 Å². The molecule has 2 aromatic rings. The highest BCUT2D eigenvalue weighted by Gasteiger charge is 2.36. The van der Waals surface area contributed by atoms with E-state index >= 15 is 0 Å². The van der Waals surface area contributed by atoms with Crippen molar-refractivity contribution in [2.24, 2.45) is 0 Å².